The van der Waals surface area contributed by atoms with Crippen molar-refractivity contribution in [1.82, 2.24) is 15.0 Å². The second-order valence-corrected chi connectivity index (χ2v) is 5.05. The summed E-state index contributed by atoms with van der Waals surface area (Å²) >= 11 is 0. The van der Waals surface area contributed by atoms with Crippen molar-refractivity contribution in [2.45, 2.75) is 6.42 Å². The molecule has 1 aromatic carbocycles. The molecule has 3 rings (SSSR count). The number of nitrogens with zero attached hydrogens (tertiary/aromatic N) is 6. The van der Waals surface area contributed by atoms with Gasteiger partial charge in [-0.25, -0.2) is 0 Å². The minimum absolute atomic E-state index is 0.143. The lowest BCUT2D eigenvalue weighted by atomic mass is 10.2. The molecule has 0 aliphatic carbocycles. The number of nitrogen functional groups attached to an aromatic ring is 1. The van der Waals surface area contributed by atoms with Gasteiger partial charge in [-0.1, -0.05) is 18.2 Å². The van der Waals surface area contributed by atoms with Gasteiger partial charge in [0.25, 0.3) is 0 Å². The number of rotatable bonds is 3. The summed E-state index contributed by atoms with van der Waals surface area (Å²) in [4.78, 5) is 16.9. The molecule has 0 spiro atoms. The van der Waals surface area contributed by atoms with Crippen molar-refractivity contribution < 1.29 is 0 Å². The molecule has 1 aliphatic rings. The van der Waals surface area contributed by atoms with E-state index >= 15 is 0 Å². The van der Waals surface area contributed by atoms with E-state index in [9.17, 15) is 0 Å². The van der Waals surface area contributed by atoms with E-state index in [1.165, 1.54) is 5.69 Å². The van der Waals surface area contributed by atoms with E-state index in [2.05, 4.69) is 36.9 Å². The SMILES string of the molecule is N#CCc1nc(N)nc(N2CCN(c3ccccc3)CC2)n1. The molecule has 1 aromatic heterocycles. The highest BCUT2D eigenvalue weighted by Gasteiger charge is 2.20. The van der Waals surface area contributed by atoms with Crippen LogP contribution in [0.4, 0.5) is 17.6 Å². The van der Waals surface area contributed by atoms with Gasteiger partial charge in [0.15, 0.2) is 0 Å². The molecule has 0 unspecified atom stereocenters. The Morgan fingerprint density at radius 3 is 2.36 bits per heavy atom. The van der Waals surface area contributed by atoms with Crippen molar-refractivity contribution in [3.05, 3.63) is 36.2 Å². The Morgan fingerprint density at radius 1 is 1.00 bits per heavy atom. The predicted molar refractivity (Wildman–Crippen MR) is 84.4 cm³/mol. The Bertz CT molecular complexity index is 672. The molecule has 0 saturated carbocycles. The molecule has 7 heteroatoms. The summed E-state index contributed by atoms with van der Waals surface area (Å²) < 4.78 is 0. The fraction of sp³-hybridized carbons (Fsp3) is 0.333. The quantitative estimate of drug-likeness (QED) is 0.896. The van der Waals surface area contributed by atoms with Gasteiger partial charge in [-0.05, 0) is 12.1 Å². The molecule has 2 N–H and O–H groups in total. The second kappa shape index (κ2) is 6.26. The smallest absolute Gasteiger partial charge is 0.230 e. The lowest BCUT2D eigenvalue weighted by Gasteiger charge is -2.36. The van der Waals surface area contributed by atoms with E-state index in [0.29, 0.717) is 11.8 Å². The molecule has 1 fully saturated rings. The zero-order valence-corrected chi connectivity index (χ0v) is 12.2. The summed E-state index contributed by atoms with van der Waals surface area (Å²) in [6.45, 7) is 3.40. The number of piperazine rings is 1. The van der Waals surface area contributed by atoms with Gasteiger partial charge in [0.1, 0.15) is 5.82 Å². The Kier molecular flexibility index (Phi) is 4.01. The van der Waals surface area contributed by atoms with Gasteiger partial charge in [0.05, 0.1) is 12.5 Å². The van der Waals surface area contributed by atoms with Gasteiger partial charge in [-0.15, -0.1) is 0 Å². The standard InChI is InChI=1S/C15H17N7/c16-7-6-13-18-14(17)20-15(19-13)22-10-8-21(9-11-22)12-4-2-1-3-5-12/h1-5H,6,8-11H2,(H2,17,18,19,20). The zero-order valence-electron chi connectivity index (χ0n) is 12.2. The van der Waals surface area contributed by atoms with E-state index < -0.39 is 0 Å². The lowest BCUT2D eigenvalue weighted by Crippen LogP contribution is -2.47. The highest BCUT2D eigenvalue weighted by atomic mass is 15.3. The number of anilines is 3. The Labute approximate surface area is 129 Å². The van der Waals surface area contributed by atoms with Crippen molar-refractivity contribution >= 4 is 17.6 Å². The van der Waals surface area contributed by atoms with Gasteiger partial charge in [-0.2, -0.15) is 20.2 Å². The van der Waals surface area contributed by atoms with Gasteiger partial charge in [0, 0.05) is 31.9 Å². The first-order valence-corrected chi connectivity index (χ1v) is 7.18. The van der Waals surface area contributed by atoms with Crippen molar-refractivity contribution in [3.63, 3.8) is 0 Å². The van der Waals surface area contributed by atoms with Crippen LogP contribution in [0.25, 0.3) is 0 Å². The number of para-hydroxylation sites is 1. The fourth-order valence-electron chi connectivity index (χ4n) is 2.52. The summed E-state index contributed by atoms with van der Waals surface area (Å²) in [5, 5.41) is 8.76. The summed E-state index contributed by atoms with van der Waals surface area (Å²) in [6.07, 6.45) is 0.143. The summed E-state index contributed by atoms with van der Waals surface area (Å²) in [7, 11) is 0. The van der Waals surface area contributed by atoms with Crippen LogP contribution in [0, 0.1) is 11.3 Å². The van der Waals surface area contributed by atoms with Crippen LogP contribution < -0.4 is 15.5 Å². The maximum Gasteiger partial charge on any atom is 0.230 e. The first-order valence-electron chi connectivity index (χ1n) is 7.18. The Morgan fingerprint density at radius 2 is 1.68 bits per heavy atom. The average molecular weight is 295 g/mol. The first kappa shape index (κ1) is 14.1. The number of hydrogen-bond acceptors (Lipinski definition) is 7. The minimum atomic E-state index is 0.143. The number of benzene rings is 1. The van der Waals surface area contributed by atoms with Gasteiger partial charge in [0.2, 0.25) is 11.9 Å². The maximum absolute atomic E-state index is 8.76. The van der Waals surface area contributed by atoms with Crippen molar-refractivity contribution in [3.8, 4) is 6.07 Å². The molecule has 112 valence electrons. The van der Waals surface area contributed by atoms with Gasteiger partial charge in [-0.3, -0.25) is 0 Å². The van der Waals surface area contributed by atoms with Crippen LogP contribution >= 0.6 is 0 Å². The molecular weight excluding hydrogens is 278 g/mol. The van der Waals surface area contributed by atoms with Crippen LogP contribution in [0.3, 0.4) is 0 Å². The summed E-state index contributed by atoms with van der Waals surface area (Å²) in [5.74, 6) is 1.15. The molecule has 0 amide bonds. The maximum atomic E-state index is 8.76. The highest BCUT2D eigenvalue weighted by Crippen LogP contribution is 2.18. The summed E-state index contributed by atoms with van der Waals surface area (Å²) in [6, 6.07) is 12.4. The molecule has 2 heterocycles. The molecule has 1 saturated heterocycles. The normalized spacial score (nSPS) is 14.7. The Hall–Kier alpha value is -2.88. The van der Waals surface area contributed by atoms with Crippen LogP contribution in [-0.4, -0.2) is 41.1 Å². The number of hydrogen-bond donors (Lipinski definition) is 1. The molecule has 7 nitrogen and oxygen atoms in total. The zero-order chi connectivity index (χ0) is 15.4. The van der Waals surface area contributed by atoms with E-state index in [4.69, 9.17) is 11.0 Å². The van der Waals surface area contributed by atoms with Crippen LogP contribution in [-0.2, 0) is 6.42 Å². The third-order valence-electron chi connectivity index (χ3n) is 3.61. The number of aromatic nitrogens is 3. The molecule has 0 atom stereocenters. The number of nitrogens with two attached hydrogens (primary N) is 1. The lowest BCUT2D eigenvalue weighted by molar-refractivity contribution is 0.637. The summed E-state index contributed by atoms with van der Waals surface area (Å²) in [5.41, 5.74) is 6.93. The molecule has 22 heavy (non-hydrogen) atoms. The third kappa shape index (κ3) is 3.06. The van der Waals surface area contributed by atoms with Crippen LogP contribution in [0.1, 0.15) is 5.82 Å². The second-order valence-electron chi connectivity index (χ2n) is 5.05. The molecule has 1 aliphatic heterocycles. The minimum Gasteiger partial charge on any atom is -0.368 e. The fourth-order valence-corrected chi connectivity index (χ4v) is 2.52. The monoisotopic (exact) mass is 295 g/mol. The van der Waals surface area contributed by atoms with E-state index in [1.807, 2.05) is 24.3 Å². The van der Waals surface area contributed by atoms with Crippen molar-refractivity contribution in [2.75, 3.05) is 41.7 Å². The first-order chi connectivity index (χ1) is 10.8. The topological polar surface area (TPSA) is 95.0 Å². The van der Waals surface area contributed by atoms with Crippen molar-refractivity contribution in [2.24, 2.45) is 0 Å². The molecule has 0 radical (unpaired) electrons. The van der Waals surface area contributed by atoms with E-state index in [1.54, 1.807) is 0 Å². The Balaban J connectivity index is 1.70. The van der Waals surface area contributed by atoms with Gasteiger partial charge >= 0.3 is 0 Å². The molecule has 2 aromatic rings. The largest absolute Gasteiger partial charge is 0.368 e. The van der Waals surface area contributed by atoms with Crippen LogP contribution in [0.5, 0.6) is 0 Å². The van der Waals surface area contributed by atoms with E-state index in [-0.39, 0.29) is 12.4 Å². The van der Waals surface area contributed by atoms with E-state index in [0.717, 1.165) is 26.2 Å². The average Bonchev–Trinajstić information content (AvgIpc) is 2.56. The van der Waals surface area contributed by atoms with Gasteiger partial charge < -0.3 is 15.5 Å². The molecule has 0 bridgehead atoms. The van der Waals surface area contributed by atoms with Crippen LogP contribution in [0.2, 0.25) is 0 Å². The predicted octanol–water partition coefficient (Wildman–Crippen LogP) is 0.846. The molecular formula is C15H17N7. The number of nitriles is 1. The highest BCUT2D eigenvalue weighted by molar-refractivity contribution is 5.48. The third-order valence-corrected chi connectivity index (χ3v) is 3.61. The van der Waals surface area contributed by atoms with Crippen molar-refractivity contribution in [1.29, 1.82) is 5.26 Å². The van der Waals surface area contributed by atoms with Crippen LogP contribution in [0.15, 0.2) is 30.3 Å².